The van der Waals surface area contributed by atoms with Crippen molar-refractivity contribution in [1.82, 2.24) is 0 Å². The second-order valence-electron chi connectivity index (χ2n) is 3.35. The van der Waals surface area contributed by atoms with Crippen molar-refractivity contribution < 1.29 is 35.1 Å². The van der Waals surface area contributed by atoms with Crippen LogP contribution < -0.4 is 0 Å². The van der Waals surface area contributed by atoms with Gasteiger partial charge in [-0.15, -0.1) is 0 Å². The zero-order valence-electron chi connectivity index (χ0n) is 9.12. The zero-order valence-corrected chi connectivity index (χ0v) is 9.12. The van der Waals surface area contributed by atoms with Gasteiger partial charge in [-0.3, -0.25) is 9.59 Å². The van der Waals surface area contributed by atoms with Gasteiger partial charge in [-0.1, -0.05) is 5.11 Å². The lowest BCUT2D eigenvalue weighted by molar-refractivity contribution is -0.153. The predicted molar refractivity (Wildman–Crippen MR) is 55.1 cm³/mol. The highest BCUT2D eigenvalue weighted by Gasteiger charge is 2.36. The quantitative estimate of drug-likeness (QED) is 0.132. The van der Waals surface area contributed by atoms with Crippen LogP contribution in [0.2, 0.25) is 0 Å². The lowest BCUT2D eigenvalue weighted by Crippen LogP contribution is -2.50. The fourth-order valence-corrected chi connectivity index (χ4v) is 1.02. The third-order valence-electron chi connectivity index (χ3n) is 2.08. The highest BCUT2D eigenvalue weighted by molar-refractivity contribution is 6.39. The third kappa shape index (κ3) is 4.37. The maximum atomic E-state index is 11.2. The first-order chi connectivity index (χ1) is 8.36. The Morgan fingerprint density at radius 3 is 2.17 bits per heavy atom. The molecule has 0 aromatic carbocycles. The molecule has 0 saturated carbocycles. The van der Waals surface area contributed by atoms with E-state index in [4.69, 9.17) is 15.7 Å². The van der Waals surface area contributed by atoms with E-state index in [0.29, 0.717) is 0 Å². The van der Waals surface area contributed by atoms with Gasteiger partial charge < -0.3 is 25.5 Å². The van der Waals surface area contributed by atoms with Gasteiger partial charge in [-0.2, -0.15) is 0 Å². The minimum absolute atomic E-state index is 0.836. The summed E-state index contributed by atoms with van der Waals surface area (Å²) in [5.41, 5.74) is 7.92. The molecule has 0 heterocycles. The lowest BCUT2D eigenvalue weighted by atomic mass is 9.98. The molecule has 0 bridgehead atoms. The second kappa shape index (κ2) is 7.71. The molecule has 102 valence electrons. The normalized spacial score (nSPS) is 17.2. The van der Waals surface area contributed by atoms with E-state index in [0.717, 1.165) is 0 Å². The summed E-state index contributed by atoms with van der Waals surface area (Å²) in [6.07, 6.45) is -8.24. The molecule has 0 aromatic heterocycles. The van der Waals surface area contributed by atoms with E-state index in [9.17, 15) is 24.9 Å². The Labute approximate surface area is 101 Å². The van der Waals surface area contributed by atoms with Gasteiger partial charge >= 0.3 is 0 Å². The molecule has 0 aliphatic rings. The number of rotatable bonds is 8. The number of carbonyl (C=O) groups is 2. The third-order valence-corrected chi connectivity index (χ3v) is 2.08. The van der Waals surface area contributed by atoms with Gasteiger partial charge in [0.1, 0.15) is 24.4 Å². The van der Waals surface area contributed by atoms with E-state index in [1.54, 1.807) is 0 Å². The Bertz CT molecular complexity index is 355. The number of nitrogens with zero attached hydrogens (tertiary/aromatic N) is 3. The molecule has 0 fully saturated rings. The van der Waals surface area contributed by atoms with Crippen molar-refractivity contribution in [3.8, 4) is 0 Å². The van der Waals surface area contributed by atoms with Crippen LogP contribution in [0.3, 0.4) is 0 Å². The summed E-state index contributed by atoms with van der Waals surface area (Å²) in [6, 6.07) is 0. The first-order valence-corrected chi connectivity index (χ1v) is 4.77. The monoisotopic (exact) mass is 263 g/mol. The van der Waals surface area contributed by atoms with Crippen LogP contribution in [0.1, 0.15) is 0 Å². The van der Waals surface area contributed by atoms with Gasteiger partial charge in [0, 0.05) is 4.91 Å². The molecule has 0 unspecified atom stereocenters. The highest BCUT2D eigenvalue weighted by Crippen LogP contribution is 2.06. The van der Waals surface area contributed by atoms with Gasteiger partial charge in [0.05, 0.1) is 13.2 Å². The maximum Gasteiger partial charge on any atom is 0.229 e. The van der Waals surface area contributed by atoms with Crippen LogP contribution in [-0.4, -0.2) is 74.7 Å². The van der Waals surface area contributed by atoms with Crippen molar-refractivity contribution in [2.75, 3.05) is 13.2 Å². The van der Waals surface area contributed by atoms with Crippen LogP contribution in [0.25, 0.3) is 10.4 Å². The number of aliphatic hydroxyl groups is 5. The van der Waals surface area contributed by atoms with E-state index >= 15 is 0 Å². The minimum Gasteiger partial charge on any atom is -0.394 e. The highest BCUT2D eigenvalue weighted by atomic mass is 16.4. The summed E-state index contributed by atoms with van der Waals surface area (Å²) >= 11 is 0. The molecule has 10 nitrogen and oxygen atoms in total. The van der Waals surface area contributed by atoms with Crippen LogP contribution in [0.5, 0.6) is 0 Å². The fourth-order valence-electron chi connectivity index (χ4n) is 1.02. The zero-order chi connectivity index (χ0) is 14.3. The first-order valence-electron chi connectivity index (χ1n) is 4.77. The Morgan fingerprint density at radius 1 is 1.17 bits per heavy atom. The Balaban J connectivity index is 4.62. The van der Waals surface area contributed by atoms with E-state index in [1.165, 1.54) is 0 Å². The number of azide groups is 1. The first kappa shape index (κ1) is 16.4. The largest absolute Gasteiger partial charge is 0.394 e. The molecule has 0 radical (unpaired) electrons. The summed E-state index contributed by atoms with van der Waals surface area (Å²) in [5, 5.41) is 48.0. The molecular weight excluding hydrogens is 250 g/mol. The van der Waals surface area contributed by atoms with Crippen molar-refractivity contribution in [3.63, 3.8) is 0 Å². The number of aliphatic hydroxyl groups excluding tert-OH is 5. The number of Topliss-reactive ketones (excluding diaryl/α,β-unsaturated/α-hetero) is 2. The van der Waals surface area contributed by atoms with Crippen LogP contribution >= 0.6 is 0 Å². The average Bonchev–Trinajstić information content (AvgIpc) is 2.40. The molecule has 0 amide bonds. The molecule has 18 heavy (non-hydrogen) atoms. The molecule has 4 atom stereocenters. The van der Waals surface area contributed by atoms with Crippen LogP contribution in [-0.2, 0) is 9.59 Å². The van der Waals surface area contributed by atoms with Crippen molar-refractivity contribution in [2.45, 2.75) is 24.4 Å². The summed E-state index contributed by atoms with van der Waals surface area (Å²) in [6.45, 7) is -1.75. The molecule has 0 aliphatic heterocycles. The van der Waals surface area contributed by atoms with Gasteiger partial charge in [0.15, 0.2) is 0 Å². The van der Waals surface area contributed by atoms with Gasteiger partial charge in [0.25, 0.3) is 0 Å². The van der Waals surface area contributed by atoms with Crippen LogP contribution in [0, 0.1) is 0 Å². The minimum atomic E-state index is -2.29. The number of carbonyl (C=O) groups excluding carboxylic acids is 2. The van der Waals surface area contributed by atoms with Gasteiger partial charge in [-0.05, 0) is 5.53 Å². The van der Waals surface area contributed by atoms with Crippen molar-refractivity contribution in [2.24, 2.45) is 5.11 Å². The topological polar surface area (TPSA) is 184 Å². The molecule has 5 N–H and O–H groups in total. The Morgan fingerprint density at radius 2 is 1.72 bits per heavy atom. The molecular formula is C8H13N3O7. The summed E-state index contributed by atoms with van der Waals surface area (Å²) in [5.74, 6) is -2.73. The molecule has 0 spiro atoms. The Kier molecular flexibility index (Phi) is 7.05. The van der Waals surface area contributed by atoms with E-state index in [2.05, 4.69) is 10.0 Å². The number of ketones is 2. The van der Waals surface area contributed by atoms with Gasteiger partial charge in [0.2, 0.25) is 11.6 Å². The average molecular weight is 263 g/mol. The van der Waals surface area contributed by atoms with Crippen LogP contribution in [0.15, 0.2) is 5.11 Å². The number of hydrogen-bond donors (Lipinski definition) is 5. The summed E-state index contributed by atoms with van der Waals surface area (Å²) in [7, 11) is 0. The molecule has 10 heteroatoms. The molecule has 0 saturated heterocycles. The lowest BCUT2D eigenvalue weighted by Gasteiger charge is -2.24. The van der Waals surface area contributed by atoms with E-state index in [-0.39, 0.29) is 0 Å². The fraction of sp³-hybridized carbons (Fsp3) is 0.750. The molecule has 0 aliphatic carbocycles. The standard InChI is InChI=1S/C8H13N3O7/c9-11-10-1-3(13)5(15)7(17)8(18)6(16)4(14)2-12/h4,6-8,12,14,16-18H,1-2H2/t4-,6-,7-,8+/m1/s1. The van der Waals surface area contributed by atoms with Crippen LogP contribution in [0.4, 0.5) is 0 Å². The van der Waals surface area contributed by atoms with E-state index in [1.807, 2.05) is 0 Å². The number of hydrogen-bond acceptors (Lipinski definition) is 8. The SMILES string of the molecule is [N-]=[N+]=NCC(=O)C(=O)[C@@H](O)[C@@H](O)[C@H](O)[C@H](O)CO. The molecule has 0 rings (SSSR count). The smallest absolute Gasteiger partial charge is 0.229 e. The van der Waals surface area contributed by atoms with E-state index < -0.39 is 49.1 Å². The Hall–Kier alpha value is -1.55. The molecule has 0 aromatic rings. The van der Waals surface area contributed by atoms with Crippen molar-refractivity contribution >= 4 is 11.6 Å². The van der Waals surface area contributed by atoms with Crippen molar-refractivity contribution in [3.05, 3.63) is 10.4 Å². The van der Waals surface area contributed by atoms with Gasteiger partial charge in [-0.25, -0.2) is 0 Å². The second-order valence-corrected chi connectivity index (χ2v) is 3.35. The summed E-state index contributed by atoms with van der Waals surface area (Å²) < 4.78 is 0. The maximum absolute atomic E-state index is 11.2. The summed E-state index contributed by atoms with van der Waals surface area (Å²) in [4.78, 5) is 24.5. The predicted octanol–water partition coefficient (Wildman–Crippen LogP) is -3.13. The van der Waals surface area contributed by atoms with Crippen molar-refractivity contribution in [1.29, 1.82) is 0 Å².